The lowest BCUT2D eigenvalue weighted by Gasteiger charge is -2.07. The van der Waals surface area contributed by atoms with Gasteiger partial charge in [-0.15, -0.1) is 0 Å². The molecule has 2 N–H and O–H groups in total. The Balaban J connectivity index is 1.79. The average Bonchev–Trinajstić information content (AvgIpc) is 3.02. The highest BCUT2D eigenvalue weighted by molar-refractivity contribution is 6.07. The van der Waals surface area contributed by atoms with Crippen LogP contribution in [0, 0.1) is 6.92 Å². The summed E-state index contributed by atoms with van der Waals surface area (Å²) in [6.07, 6.45) is 0. The van der Waals surface area contributed by atoms with Gasteiger partial charge in [0.1, 0.15) is 17.1 Å². The molecule has 0 spiro atoms. The Labute approximate surface area is 168 Å². The zero-order valence-corrected chi connectivity index (χ0v) is 16.8. The van der Waals surface area contributed by atoms with Crippen LogP contribution in [0.2, 0.25) is 0 Å². The summed E-state index contributed by atoms with van der Waals surface area (Å²) in [5, 5.41) is 0.292. The Hall–Kier alpha value is -3.42. The van der Waals surface area contributed by atoms with Crippen LogP contribution in [0.3, 0.4) is 0 Å². The maximum absolute atomic E-state index is 12.3. The van der Waals surface area contributed by atoms with Crippen LogP contribution in [0.1, 0.15) is 64.6 Å². The number of carbonyl (C=O) groups excluding carboxylic acids is 2. The van der Waals surface area contributed by atoms with Crippen LogP contribution in [0.15, 0.2) is 28.7 Å². The highest BCUT2D eigenvalue weighted by Crippen LogP contribution is 2.29. The number of nitrogen functional groups attached to an aromatic ring is 1. The molecule has 0 saturated carbocycles. The van der Waals surface area contributed by atoms with Crippen molar-refractivity contribution in [1.82, 2.24) is 9.97 Å². The van der Waals surface area contributed by atoms with Gasteiger partial charge in [-0.1, -0.05) is 26.0 Å². The third-order valence-corrected chi connectivity index (χ3v) is 4.43. The number of nitrogens with two attached hydrogens (primary N) is 1. The van der Waals surface area contributed by atoms with Gasteiger partial charge >= 0.3 is 11.9 Å². The smallest absolute Gasteiger partial charge is 0.342 e. The molecule has 2 heterocycles. The third-order valence-electron chi connectivity index (χ3n) is 4.43. The molecule has 0 bridgehead atoms. The number of aromatic nitrogens is 2. The van der Waals surface area contributed by atoms with E-state index in [1.165, 1.54) is 0 Å². The molecule has 8 heteroatoms. The topological polar surface area (TPSA) is 118 Å². The first-order valence-electron chi connectivity index (χ1n) is 9.31. The molecule has 0 saturated heterocycles. The van der Waals surface area contributed by atoms with E-state index in [2.05, 4.69) is 23.8 Å². The van der Waals surface area contributed by atoms with Gasteiger partial charge in [0.25, 0.3) is 0 Å². The number of carbonyl (C=O) groups is 2. The van der Waals surface area contributed by atoms with Gasteiger partial charge in [-0.2, -0.15) is 4.98 Å². The number of hydrogen-bond donors (Lipinski definition) is 1. The molecule has 29 heavy (non-hydrogen) atoms. The molecule has 3 rings (SSSR count). The molecule has 2 aromatic heterocycles. The van der Waals surface area contributed by atoms with Crippen LogP contribution < -0.4 is 5.73 Å². The number of anilines is 1. The van der Waals surface area contributed by atoms with Crippen LogP contribution in [0.25, 0.3) is 11.1 Å². The molecule has 0 fully saturated rings. The van der Waals surface area contributed by atoms with E-state index in [0.29, 0.717) is 22.6 Å². The molecule has 0 atom stereocenters. The quantitative estimate of drug-likeness (QED) is 0.625. The van der Waals surface area contributed by atoms with Gasteiger partial charge in [0.15, 0.2) is 12.4 Å². The minimum atomic E-state index is -0.553. The first-order valence-corrected chi connectivity index (χ1v) is 9.31. The molecular formula is C21H23N3O5. The molecule has 0 unspecified atom stereocenters. The van der Waals surface area contributed by atoms with E-state index in [-0.39, 0.29) is 36.1 Å². The Morgan fingerprint density at radius 2 is 1.79 bits per heavy atom. The number of rotatable bonds is 6. The second kappa shape index (κ2) is 8.30. The average molecular weight is 397 g/mol. The molecule has 0 amide bonds. The molecule has 8 nitrogen and oxygen atoms in total. The Morgan fingerprint density at radius 1 is 1.10 bits per heavy atom. The van der Waals surface area contributed by atoms with E-state index >= 15 is 0 Å². The summed E-state index contributed by atoms with van der Waals surface area (Å²) in [4.78, 5) is 32.8. The second-order valence-corrected chi connectivity index (χ2v) is 6.81. The Morgan fingerprint density at radius 3 is 2.41 bits per heavy atom. The molecule has 1 aromatic carbocycles. The van der Waals surface area contributed by atoms with Crippen molar-refractivity contribution in [2.75, 3.05) is 12.3 Å². The van der Waals surface area contributed by atoms with E-state index in [1.807, 2.05) is 12.1 Å². The summed E-state index contributed by atoms with van der Waals surface area (Å²) in [5.41, 5.74) is 7.92. The van der Waals surface area contributed by atoms with Crippen LogP contribution in [0.4, 0.5) is 5.82 Å². The van der Waals surface area contributed by atoms with Crippen molar-refractivity contribution in [3.05, 3.63) is 52.5 Å². The zero-order valence-electron chi connectivity index (χ0n) is 16.8. The molecule has 0 aliphatic rings. The lowest BCUT2D eigenvalue weighted by atomic mass is 10.0. The maximum atomic E-state index is 12.3. The van der Waals surface area contributed by atoms with E-state index in [9.17, 15) is 9.59 Å². The number of hydrogen-bond acceptors (Lipinski definition) is 8. The van der Waals surface area contributed by atoms with E-state index in [0.717, 1.165) is 5.56 Å². The normalized spacial score (nSPS) is 11.1. The predicted molar refractivity (Wildman–Crippen MR) is 107 cm³/mol. The van der Waals surface area contributed by atoms with Crippen LogP contribution >= 0.6 is 0 Å². The lowest BCUT2D eigenvalue weighted by molar-refractivity contribution is 0.0461. The monoisotopic (exact) mass is 397 g/mol. The maximum Gasteiger partial charge on any atom is 0.342 e. The van der Waals surface area contributed by atoms with Crippen molar-refractivity contribution in [1.29, 1.82) is 0 Å². The summed E-state index contributed by atoms with van der Waals surface area (Å²) < 4.78 is 15.9. The molecule has 0 aliphatic heterocycles. The van der Waals surface area contributed by atoms with E-state index in [4.69, 9.17) is 19.6 Å². The first-order chi connectivity index (χ1) is 13.8. The summed E-state index contributed by atoms with van der Waals surface area (Å²) in [7, 11) is 0. The summed E-state index contributed by atoms with van der Waals surface area (Å²) in [5.74, 6) is -0.111. The van der Waals surface area contributed by atoms with Crippen molar-refractivity contribution in [3.8, 4) is 0 Å². The minimum absolute atomic E-state index is 0.0576. The van der Waals surface area contributed by atoms with Crippen molar-refractivity contribution < 1.29 is 23.5 Å². The minimum Gasteiger partial charge on any atom is -0.462 e. The molecule has 0 radical (unpaired) electrons. The number of nitrogens with zero attached hydrogens (tertiary/aromatic N) is 2. The fourth-order valence-corrected chi connectivity index (χ4v) is 2.91. The van der Waals surface area contributed by atoms with Crippen molar-refractivity contribution >= 4 is 28.9 Å². The highest BCUT2D eigenvalue weighted by Gasteiger charge is 2.24. The Bertz CT molecular complexity index is 1050. The summed E-state index contributed by atoms with van der Waals surface area (Å²) in [6.45, 7) is 7.52. The fourth-order valence-electron chi connectivity index (χ4n) is 2.91. The van der Waals surface area contributed by atoms with Gasteiger partial charge in [0.2, 0.25) is 5.71 Å². The number of fused-ring (bicyclic) bond motifs is 1. The fraction of sp³-hybridized carbons (Fsp3) is 0.333. The summed E-state index contributed by atoms with van der Waals surface area (Å²) in [6, 6.07) is 7.23. The predicted octanol–water partition coefficient (Wildman–Crippen LogP) is 3.77. The first kappa shape index (κ1) is 20.3. The molecule has 152 valence electrons. The van der Waals surface area contributed by atoms with Gasteiger partial charge in [0, 0.05) is 0 Å². The standard InChI is InChI=1S/C21H23N3O5/c1-5-27-21(26)16-12(4)29-19-17(16)18(22)23-15(24-19)10-28-20(25)14-8-6-13(7-9-14)11(2)3/h6-9,11H,5,10H2,1-4H3,(H2,22,23,24). The Kier molecular flexibility index (Phi) is 5.81. The van der Waals surface area contributed by atoms with Crippen molar-refractivity contribution in [3.63, 3.8) is 0 Å². The van der Waals surface area contributed by atoms with Crippen LogP contribution in [-0.4, -0.2) is 28.5 Å². The number of furan rings is 1. The number of esters is 2. The van der Waals surface area contributed by atoms with Gasteiger partial charge in [-0.05, 0) is 37.5 Å². The zero-order chi connectivity index (χ0) is 21.1. The van der Waals surface area contributed by atoms with E-state index in [1.54, 1.807) is 26.0 Å². The second-order valence-electron chi connectivity index (χ2n) is 6.81. The highest BCUT2D eigenvalue weighted by atomic mass is 16.5. The molecule has 0 aliphatic carbocycles. The number of aryl methyl sites for hydroxylation is 1. The van der Waals surface area contributed by atoms with Crippen molar-refractivity contribution in [2.45, 2.75) is 40.2 Å². The SMILES string of the molecule is CCOC(=O)c1c(C)oc2nc(COC(=O)c3ccc(C(C)C)cc3)nc(N)c12. The van der Waals surface area contributed by atoms with Gasteiger partial charge < -0.3 is 19.6 Å². The third kappa shape index (κ3) is 4.21. The van der Waals surface area contributed by atoms with E-state index < -0.39 is 11.9 Å². The lowest BCUT2D eigenvalue weighted by Crippen LogP contribution is -2.10. The largest absolute Gasteiger partial charge is 0.462 e. The van der Waals surface area contributed by atoms with Crippen LogP contribution in [0.5, 0.6) is 0 Å². The van der Waals surface area contributed by atoms with Gasteiger partial charge in [-0.3, -0.25) is 0 Å². The van der Waals surface area contributed by atoms with Gasteiger partial charge in [-0.25, -0.2) is 14.6 Å². The van der Waals surface area contributed by atoms with Gasteiger partial charge in [0.05, 0.1) is 17.6 Å². The molecule has 3 aromatic rings. The van der Waals surface area contributed by atoms with Crippen molar-refractivity contribution in [2.24, 2.45) is 0 Å². The molecular weight excluding hydrogens is 374 g/mol. The number of benzene rings is 1. The number of ether oxygens (including phenoxy) is 2. The summed E-state index contributed by atoms with van der Waals surface area (Å²) >= 11 is 0. The van der Waals surface area contributed by atoms with Crippen LogP contribution in [-0.2, 0) is 16.1 Å².